The second kappa shape index (κ2) is 7.45. The number of nitrogens with zero attached hydrogens (tertiary/aromatic N) is 1. The van der Waals surface area contributed by atoms with E-state index in [1.54, 1.807) is 0 Å². The first-order valence-corrected chi connectivity index (χ1v) is 9.37. The highest BCUT2D eigenvalue weighted by Crippen LogP contribution is 2.37. The van der Waals surface area contributed by atoms with Crippen molar-refractivity contribution in [2.75, 3.05) is 39.3 Å². The number of hydrogen-bond acceptors (Lipinski definition) is 5. The van der Waals surface area contributed by atoms with Crippen molar-refractivity contribution in [3.63, 3.8) is 0 Å². The Morgan fingerprint density at radius 3 is 2.40 bits per heavy atom. The summed E-state index contributed by atoms with van der Waals surface area (Å²) in [6, 6.07) is 5.72. The van der Waals surface area contributed by atoms with Crippen LogP contribution in [-0.2, 0) is 9.31 Å². The van der Waals surface area contributed by atoms with Gasteiger partial charge >= 0.3 is 7.12 Å². The van der Waals surface area contributed by atoms with E-state index in [0.717, 1.165) is 43.9 Å². The molecule has 1 N–H and O–H groups in total. The standard InChI is InChI=1S/C18H28BClN2O3/c1-17(2)18(3,4)25-19(24-17)15-6-5-14(13-16(15)20)23-12-11-22-9-7-21-8-10-22/h5-6,13,21H,7-12H2,1-4H3. The average molecular weight is 367 g/mol. The molecule has 0 radical (unpaired) electrons. The van der Waals surface area contributed by atoms with Crippen LogP contribution in [0.5, 0.6) is 5.75 Å². The van der Waals surface area contributed by atoms with E-state index in [9.17, 15) is 0 Å². The van der Waals surface area contributed by atoms with Crippen molar-refractivity contribution in [3.8, 4) is 5.75 Å². The molecule has 7 heteroatoms. The van der Waals surface area contributed by atoms with Crippen LogP contribution in [0.4, 0.5) is 0 Å². The fourth-order valence-corrected chi connectivity index (χ4v) is 3.25. The molecule has 2 aliphatic rings. The van der Waals surface area contributed by atoms with Gasteiger partial charge in [-0.1, -0.05) is 17.7 Å². The lowest BCUT2D eigenvalue weighted by Crippen LogP contribution is -2.44. The number of piperazine rings is 1. The maximum absolute atomic E-state index is 6.46. The zero-order chi connectivity index (χ0) is 18.1. The maximum atomic E-state index is 6.46. The SMILES string of the molecule is CC1(C)OB(c2ccc(OCCN3CCNCC3)cc2Cl)OC1(C)C. The van der Waals surface area contributed by atoms with Crippen LogP contribution in [0.25, 0.3) is 0 Å². The molecule has 0 amide bonds. The van der Waals surface area contributed by atoms with Gasteiger partial charge in [0.15, 0.2) is 0 Å². The summed E-state index contributed by atoms with van der Waals surface area (Å²) in [5.41, 5.74) is 0.0913. The van der Waals surface area contributed by atoms with E-state index in [2.05, 4.69) is 10.2 Å². The quantitative estimate of drug-likeness (QED) is 0.807. The number of halogens is 1. The van der Waals surface area contributed by atoms with Gasteiger partial charge < -0.3 is 19.4 Å². The molecule has 0 aliphatic carbocycles. The van der Waals surface area contributed by atoms with Gasteiger partial charge in [-0.2, -0.15) is 0 Å². The monoisotopic (exact) mass is 366 g/mol. The summed E-state index contributed by atoms with van der Waals surface area (Å²) in [4.78, 5) is 2.40. The lowest BCUT2D eigenvalue weighted by atomic mass is 9.79. The molecule has 2 aliphatic heterocycles. The van der Waals surface area contributed by atoms with Crippen molar-refractivity contribution >= 4 is 24.2 Å². The Bertz CT molecular complexity index is 590. The molecule has 138 valence electrons. The summed E-state index contributed by atoms with van der Waals surface area (Å²) in [5.74, 6) is 0.778. The fraction of sp³-hybridized carbons (Fsp3) is 0.667. The minimum atomic E-state index is -0.451. The van der Waals surface area contributed by atoms with Gasteiger partial charge in [0.2, 0.25) is 0 Å². The van der Waals surface area contributed by atoms with Crippen LogP contribution in [-0.4, -0.2) is 62.6 Å². The molecule has 2 fully saturated rings. The highest BCUT2D eigenvalue weighted by atomic mass is 35.5. The molecule has 0 unspecified atom stereocenters. The van der Waals surface area contributed by atoms with E-state index in [4.69, 9.17) is 25.6 Å². The topological polar surface area (TPSA) is 43.0 Å². The van der Waals surface area contributed by atoms with E-state index in [-0.39, 0.29) is 11.2 Å². The van der Waals surface area contributed by atoms with Gasteiger partial charge in [0.05, 0.1) is 11.2 Å². The first-order valence-electron chi connectivity index (χ1n) is 8.99. The molecule has 5 nitrogen and oxygen atoms in total. The molecule has 0 bridgehead atoms. The normalized spacial score (nSPS) is 23.0. The van der Waals surface area contributed by atoms with Crippen LogP contribution in [0.3, 0.4) is 0 Å². The first-order chi connectivity index (χ1) is 11.8. The second-order valence-electron chi connectivity index (χ2n) is 7.71. The van der Waals surface area contributed by atoms with Crippen LogP contribution in [0.2, 0.25) is 5.02 Å². The lowest BCUT2D eigenvalue weighted by Gasteiger charge is -2.32. The molecule has 0 spiro atoms. The molecular formula is C18H28BClN2O3. The van der Waals surface area contributed by atoms with E-state index < -0.39 is 7.12 Å². The lowest BCUT2D eigenvalue weighted by molar-refractivity contribution is 0.00578. The Kier molecular flexibility index (Phi) is 5.66. The fourth-order valence-electron chi connectivity index (χ4n) is 2.99. The van der Waals surface area contributed by atoms with Crippen LogP contribution < -0.4 is 15.5 Å². The number of hydrogen-bond donors (Lipinski definition) is 1. The van der Waals surface area contributed by atoms with Gasteiger partial charge in [0.1, 0.15) is 12.4 Å². The van der Waals surface area contributed by atoms with Crippen molar-refractivity contribution in [1.29, 1.82) is 0 Å². The zero-order valence-corrected chi connectivity index (χ0v) is 16.4. The summed E-state index contributed by atoms with van der Waals surface area (Å²) in [7, 11) is -0.451. The second-order valence-corrected chi connectivity index (χ2v) is 8.12. The molecule has 2 heterocycles. The maximum Gasteiger partial charge on any atom is 0.496 e. The van der Waals surface area contributed by atoms with Gasteiger partial charge in [-0.25, -0.2) is 0 Å². The Hall–Kier alpha value is -0.785. The summed E-state index contributed by atoms with van der Waals surface area (Å²) in [6.45, 7) is 14.0. The third-order valence-corrected chi connectivity index (χ3v) is 5.69. The highest BCUT2D eigenvalue weighted by Gasteiger charge is 2.52. The smallest absolute Gasteiger partial charge is 0.492 e. The molecule has 3 rings (SSSR count). The number of ether oxygens (including phenoxy) is 1. The molecule has 1 aromatic carbocycles. The van der Waals surface area contributed by atoms with Gasteiger partial charge in [-0.3, -0.25) is 4.90 Å². The van der Waals surface area contributed by atoms with E-state index >= 15 is 0 Å². The molecular weight excluding hydrogens is 338 g/mol. The Labute approximate surface area is 156 Å². The average Bonchev–Trinajstić information content (AvgIpc) is 2.76. The van der Waals surface area contributed by atoms with Crippen molar-refractivity contribution < 1.29 is 14.0 Å². The largest absolute Gasteiger partial charge is 0.496 e. The predicted octanol–water partition coefficient (Wildman–Crippen LogP) is 1.92. The predicted molar refractivity (Wildman–Crippen MR) is 102 cm³/mol. The van der Waals surface area contributed by atoms with Crippen LogP contribution in [0, 0.1) is 0 Å². The third kappa shape index (κ3) is 4.31. The van der Waals surface area contributed by atoms with E-state index in [0.29, 0.717) is 11.6 Å². The minimum absolute atomic E-state index is 0.376. The van der Waals surface area contributed by atoms with Crippen molar-refractivity contribution in [3.05, 3.63) is 23.2 Å². The van der Waals surface area contributed by atoms with Crippen molar-refractivity contribution in [1.82, 2.24) is 10.2 Å². The van der Waals surface area contributed by atoms with Gasteiger partial charge in [-0.05, 0) is 39.8 Å². The third-order valence-electron chi connectivity index (χ3n) is 5.36. The van der Waals surface area contributed by atoms with Crippen LogP contribution in [0.15, 0.2) is 18.2 Å². The molecule has 0 aromatic heterocycles. The van der Waals surface area contributed by atoms with E-state index in [1.165, 1.54) is 0 Å². The zero-order valence-electron chi connectivity index (χ0n) is 15.6. The molecule has 0 atom stereocenters. The Balaban J connectivity index is 1.58. The summed E-state index contributed by atoms with van der Waals surface area (Å²) in [5, 5.41) is 3.96. The number of rotatable bonds is 5. The molecule has 2 saturated heterocycles. The van der Waals surface area contributed by atoms with Crippen molar-refractivity contribution in [2.45, 2.75) is 38.9 Å². The minimum Gasteiger partial charge on any atom is -0.492 e. The summed E-state index contributed by atoms with van der Waals surface area (Å²) in [6.07, 6.45) is 0. The molecule has 0 saturated carbocycles. The van der Waals surface area contributed by atoms with Crippen LogP contribution >= 0.6 is 11.6 Å². The van der Waals surface area contributed by atoms with Crippen LogP contribution in [0.1, 0.15) is 27.7 Å². The van der Waals surface area contributed by atoms with Gasteiger partial charge in [0, 0.05) is 43.2 Å². The summed E-state index contributed by atoms with van der Waals surface area (Å²) < 4.78 is 18.0. The molecule has 25 heavy (non-hydrogen) atoms. The van der Waals surface area contributed by atoms with Gasteiger partial charge in [-0.15, -0.1) is 0 Å². The Morgan fingerprint density at radius 2 is 1.80 bits per heavy atom. The molecule has 1 aromatic rings. The highest BCUT2D eigenvalue weighted by molar-refractivity contribution is 6.65. The summed E-state index contributed by atoms with van der Waals surface area (Å²) >= 11 is 6.46. The van der Waals surface area contributed by atoms with Gasteiger partial charge in [0.25, 0.3) is 0 Å². The number of nitrogens with one attached hydrogen (secondary N) is 1. The van der Waals surface area contributed by atoms with E-state index in [1.807, 2.05) is 45.9 Å². The van der Waals surface area contributed by atoms with Crippen molar-refractivity contribution in [2.24, 2.45) is 0 Å². The number of benzene rings is 1. The Morgan fingerprint density at radius 1 is 1.16 bits per heavy atom. The first kappa shape index (κ1) is 19.0.